The zero-order chi connectivity index (χ0) is 26.7. The summed E-state index contributed by atoms with van der Waals surface area (Å²) in [6.45, 7) is 0.409. The van der Waals surface area contributed by atoms with E-state index < -0.39 is 6.10 Å². The van der Waals surface area contributed by atoms with Gasteiger partial charge >= 0.3 is 0 Å². The SMILES string of the molecule is N#Cc1ccc(Cl)cc1[C@H]1C[C@@H]1C(=O)Nc1cc(N2C[C@@H](O)C[C@@H]2c2cn3cc(C4CC4)ccc3n2)ncn1. The van der Waals surface area contributed by atoms with E-state index in [9.17, 15) is 15.2 Å². The smallest absolute Gasteiger partial charge is 0.229 e. The summed E-state index contributed by atoms with van der Waals surface area (Å²) in [7, 11) is 0. The van der Waals surface area contributed by atoms with Gasteiger partial charge in [0.15, 0.2) is 0 Å². The molecule has 3 aromatic heterocycles. The molecule has 0 spiro atoms. The summed E-state index contributed by atoms with van der Waals surface area (Å²) in [5, 5.41) is 23.5. The number of nitrogens with one attached hydrogen (secondary N) is 1. The van der Waals surface area contributed by atoms with E-state index >= 15 is 0 Å². The summed E-state index contributed by atoms with van der Waals surface area (Å²) >= 11 is 6.14. The number of imidazole rings is 1. The first-order valence-corrected chi connectivity index (χ1v) is 13.6. The van der Waals surface area contributed by atoms with Crippen molar-refractivity contribution < 1.29 is 9.90 Å². The number of anilines is 2. The Hall–Kier alpha value is -4.00. The van der Waals surface area contributed by atoms with Gasteiger partial charge in [-0.25, -0.2) is 15.0 Å². The van der Waals surface area contributed by atoms with Gasteiger partial charge in [-0.15, -0.1) is 0 Å². The van der Waals surface area contributed by atoms with E-state index in [1.807, 2.05) is 11.1 Å². The highest BCUT2D eigenvalue weighted by Gasteiger charge is 2.45. The molecular weight excluding hydrogens is 514 g/mol. The summed E-state index contributed by atoms with van der Waals surface area (Å²) in [6.07, 6.45) is 8.77. The number of hydrogen-bond acceptors (Lipinski definition) is 7. The first-order valence-electron chi connectivity index (χ1n) is 13.2. The maximum atomic E-state index is 13.0. The van der Waals surface area contributed by atoms with Crippen LogP contribution in [0.25, 0.3) is 5.65 Å². The van der Waals surface area contributed by atoms with Gasteiger partial charge in [-0.1, -0.05) is 17.7 Å². The number of rotatable bonds is 6. The monoisotopic (exact) mass is 539 g/mol. The van der Waals surface area contributed by atoms with Crippen LogP contribution in [0.1, 0.15) is 65.9 Å². The van der Waals surface area contributed by atoms with Gasteiger partial charge in [0.2, 0.25) is 5.91 Å². The minimum absolute atomic E-state index is 0.0479. The minimum atomic E-state index is -0.519. The molecule has 2 aliphatic carbocycles. The molecule has 10 heteroatoms. The fourth-order valence-corrected chi connectivity index (χ4v) is 5.94. The summed E-state index contributed by atoms with van der Waals surface area (Å²) in [5.41, 5.74) is 4.43. The molecule has 4 atom stereocenters. The molecule has 7 rings (SSSR count). The summed E-state index contributed by atoms with van der Waals surface area (Å²) in [6, 6.07) is 13.1. The van der Waals surface area contributed by atoms with Gasteiger partial charge in [0.25, 0.3) is 0 Å². The molecule has 2 saturated carbocycles. The van der Waals surface area contributed by atoms with Crippen molar-refractivity contribution in [3.8, 4) is 6.07 Å². The second-order valence-corrected chi connectivity index (χ2v) is 11.2. The van der Waals surface area contributed by atoms with Crippen LogP contribution in [0, 0.1) is 17.2 Å². The van der Waals surface area contributed by atoms with Crippen LogP contribution in [0.4, 0.5) is 11.6 Å². The van der Waals surface area contributed by atoms with E-state index in [2.05, 4.69) is 44.1 Å². The van der Waals surface area contributed by atoms with Gasteiger partial charge < -0.3 is 19.7 Å². The first-order chi connectivity index (χ1) is 19.0. The Morgan fingerprint density at radius 3 is 2.82 bits per heavy atom. The predicted molar refractivity (Wildman–Crippen MR) is 146 cm³/mol. The van der Waals surface area contributed by atoms with Crippen molar-refractivity contribution in [1.82, 2.24) is 19.4 Å². The van der Waals surface area contributed by atoms with E-state index in [1.165, 1.54) is 24.7 Å². The number of hydrogen-bond donors (Lipinski definition) is 2. The molecule has 39 heavy (non-hydrogen) atoms. The molecular formula is C29H26ClN7O2. The fraction of sp³-hybridized carbons (Fsp3) is 0.345. The van der Waals surface area contributed by atoms with Crippen LogP contribution in [0.2, 0.25) is 5.02 Å². The van der Waals surface area contributed by atoms with Gasteiger partial charge in [-0.3, -0.25) is 4.79 Å². The second-order valence-electron chi connectivity index (χ2n) is 10.8. The Morgan fingerprint density at radius 1 is 1.13 bits per heavy atom. The molecule has 1 aliphatic heterocycles. The topological polar surface area (TPSA) is 119 Å². The third-order valence-corrected chi connectivity index (χ3v) is 8.26. The summed E-state index contributed by atoms with van der Waals surface area (Å²) in [5.74, 6) is 1.21. The van der Waals surface area contributed by atoms with Crippen LogP contribution in [-0.4, -0.2) is 43.0 Å². The van der Waals surface area contributed by atoms with E-state index in [0.29, 0.717) is 47.5 Å². The van der Waals surface area contributed by atoms with Crippen molar-refractivity contribution in [3.63, 3.8) is 0 Å². The number of carbonyl (C=O) groups excluding carboxylic acids is 1. The lowest BCUT2D eigenvalue weighted by atomic mass is 10.0. The number of aromatic nitrogens is 4. The number of halogens is 1. The van der Waals surface area contributed by atoms with Crippen molar-refractivity contribution >= 4 is 34.8 Å². The molecule has 1 aromatic carbocycles. The quantitative estimate of drug-likeness (QED) is 0.368. The number of fused-ring (bicyclic) bond motifs is 1. The Kier molecular flexibility index (Phi) is 5.76. The van der Waals surface area contributed by atoms with E-state index in [-0.39, 0.29) is 23.8 Å². The molecule has 1 amide bonds. The predicted octanol–water partition coefficient (Wildman–Crippen LogP) is 4.58. The lowest BCUT2D eigenvalue weighted by Crippen LogP contribution is -2.26. The normalized spacial score (nSPS) is 24.1. The highest BCUT2D eigenvalue weighted by molar-refractivity contribution is 6.30. The van der Waals surface area contributed by atoms with Crippen molar-refractivity contribution in [2.45, 2.75) is 49.7 Å². The van der Waals surface area contributed by atoms with Crippen LogP contribution in [0.5, 0.6) is 0 Å². The molecule has 0 unspecified atom stereocenters. The Morgan fingerprint density at radius 2 is 2.00 bits per heavy atom. The molecule has 196 valence electrons. The molecule has 3 aliphatic rings. The number of nitrogens with zero attached hydrogens (tertiary/aromatic N) is 6. The first kappa shape index (κ1) is 24.1. The van der Waals surface area contributed by atoms with Crippen LogP contribution in [-0.2, 0) is 4.79 Å². The Labute approximate surface area is 230 Å². The number of aliphatic hydroxyl groups is 1. The largest absolute Gasteiger partial charge is 0.391 e. The number of β-amino-alcohol motifs (C(OH)–C–C–N with tert-alkyl or cyclic N) is 1. The maximum Gasteiger partial charge on any atom is 0.229 e. The lowest BCUT2D eigenvalue weighted by molar-refractivity contribution is -0.117. The van der Waals surface area contributed by atoms with E-state index in [1.54, 1.807) is 24.3 Å². The highest BCUT2D eigenvalue weighted by Crippen LogP contribution is 2.49. The number of nitriles is 1. The number of pyridine rings is 1. The highest BCUT2D eigenvalue weighted by atomic mass is 35.5. The standard InChI is InChI=1S/C29H26ClN7O2/c30-19-5-3-17(11-31)21(7-19)22-9-23(22)29(39)35-26-10-28(33-15-32-26)37-13-20(38)8-25(37)24-14-36-12-18(16-1-2-16)4-6-27(36)34-24/h3-7,10,12,14-16,20,22-23,25,38H,1-2,8-9,13H2,(H,32,33,35,39)/t20-,22+,23-,25+/m0/s1. The van der Waals surface area contributed by atoms with Crippen molar-refractivity contribution in [3.05, 3.63) is 82.5 Å². The zero-order valence-corrected chi connectivity index (χ0v) is 21.8. The summed E-state index contributed by atoms with van der Waals surface area (Å²) < 4.78 is 2.07. The number of aliphatic hydroxyl groups excluding tert-OH is 1. The molecule has 4 aromatic rings. The fourth-order valence-electron chi connectivity index (χ4n) is 5.76. The number of carbonyl (C=O) groups is 1. The van der Waals surface area contributed by atoms with Crippen LogP contribution >= 0.6 is 11.6 Å². The molecule has 9 nitrogen and oxygen atoms in total. The Balaban J connectivity index is 1.09. The molecule has 0 bridgehead atoms. The molecule has 2 N–H and O–H groups in total. The molecule has 0 radical (unpaired) electrons. The van der Waals surface area contributed by atoms with E-state index in [4.69, 9.17) is 16.6 Å². The van der Waals surface area contributed by atoms with Crippen LogP contribution in [0.15, 0.2) is 55.1 Å². The average molecular weight is 540 g/mol. The average Bonchev–Trinajstić information content (AvgIpc) is 3.85. The zero-order valence-electron chi connectivity index (χ0n) is 21.0. The molecule has 4 heterocycles. The minimum Gasteiger partial charge on any atom is -0.391 e. The van der Waals surface area contributed by atoms with Crippen molar-refractivity contribution in [2.75, 3.05) is 16.8 Å². The van der Waals surface area contributed by atoms with Crippen LogP contribution in [0.3, 0.4) is 0 Å². The van der Waals surface area contributed by atoms with Gasteiger partial charge in [0.05, 0.1) is 29.5 Å². The van der Waals surface area contributed by atoms with Crippen LogP contribution < -0.4 is 10.2 Å². The van der Waals surface area contributed by atoms with Gasteiger partial charge in [0, 0.05) is 42.4 Å². The maximum absolute atomic E-state index is 13.0. The Bertz CT molecular complexity index is 1640. The van der Waals surface area contributed by atoms with Gasteiger partial charge in [0.1, 0.15) is 23.6 Å². The third-order valence-electron chi connectivity index (χ3n) is 8.02. The van der Waals surface area contributed by atoms with Gasteiger partial charge in [-0.05, 0) is 66.5 Å². The van der Waals surface area contributed by atoms with E-state index in [0.717, 1.165) is 16.9 Å². The molecule has 3 fully saturated rings. The summed E-state index contributed by atoms with van der Waals surface area (Å²) in [4.78, 5) is 28.6. The van der Waals surface area contributed by atoms with Crippen molar-refractivity contribution in [2.24, 2.45) is 5.92 Å². The number of amides is 1. The lowest BCUT2D eigenvalue weighted by Gasteiger charge is -2.24. The number of benzene rings is 1. The third kappa shape index (κ3) is 4.60. The molecule has 1 saturated heterocycles. The van der Waals surface area contributed by atoms with Crippen molar-refractivity contribution in [1.29, 1.82) is 5.26 Å². The van der Waals surface area contributed by atoms with Gasteiger partial charge in [-0.2, -0.15) is 5.26 Å². The second kappa shape index (κ2) is 9.33.